The maximum atomic E-state index is 13.5. The molecule has 0 saturated heterocycles. The predicted molar refractivity (Wildman–Crippen MR) is 68.2 cm³/mol. The second-order valence-electron chi connectivity index (χ2n) is 5.06. The molecule has 1 aromatic carbocycles. The van der Waals surface area contributed by atoms with Crippen molar-refractivity contribution in [3.05, 3.63) is 29.8 Å². The monoisotopic (exact) mass is 285 g/mol. The summed E-state index contributed by atoms with van der Waals surface area (Å²) < 4.78 is 36.5. The number of hydrogen-bond acceptors (Lipinski definition) is 4. The second kappa shape index (κ2) is 5.75. The fourth-order valence-electron chi connectivity index (χ4n) is 2.50. The SMILES string of the molecule is COC(=O)C1(N)CCCC(Oc2ccc(F)cc2F)C1. The lowest BCUT2D eigenvalue weighted by atomic mass is 9.81. The highest BCUT2D eigenvalue weighted by Gasteiger charge is 2.41. The largest absolute Gasteiger partial charge is 0.487 e. The van der Waals surface area contributed by atoms with Crippen molar-refractivity contribution in [3.8, 4) is 5.75 Å². The molecule has 6 heteroatoms. The molecule has 20 heavy (non-hydrogen) atoms. The molecule has 1 aromatic rings. The van der Waals surface area contributed by atoms with E-state index in [4.69, 9.17) is 10.5 Å². The van der Waals surface area contributed by atoms with Crippen molar-refractivity contribution in [1.82, 2.24) is 0 Å². The number of benzene rings is 1. The first-order valence-electron chi connectivity index (χ1n) is 6.43. The standard InChI is InChI=1S/C14H17F2NO3/c1-19-13(18)14(17)6-2-3-10(8-14)20-12-5-4-9(15)7-11(12)16/h4-5,7,10H,2-3,6,8,17H2,1H3. The maximum absolute atomic E-state index is 13.5. The van der Waals surface area contributed by atoms with E-state index in [-0.39, 0.29) is 12.2 Å². The predicted octanol–water partition coefficient (Wildman–Crippen LogP) is 2.16. The van der Waals surface area contributed by atoms with Crippen molar-refractivity contribution in [2.75, 3.05) is 7.11 Å². The summed E-state index contributed by atoms with van der Waals surface area (Å²) in [6.07, 6.45) is 1.70. The van der Waals surface area contributed by atoms with E-state index in [0.717, 1.165) is 12.1 Å². The Bertz CT molecular complexity index is 509. The Labute approximate surface area is 115 Å². The number of halogens is 2. The molecule has 4 nitrogen and oxygen atoms in total. The van der Waals surface area contributed by atoms with Gasteiger partial charge in [0, 0.05) is 12.5 Å². The van der Waals surface area contributed by atoms with E-state index >= 15 is 0 Å². The maximum Gasteiger partial charge on any atom is 0.325 e. The lowest BCUT2D eigenvalue weighted by molar-refractivity contribution is -0.149. The van der Waals surface area contributed by atoms with Crippen LogP contribution in [0.4, 0.5) is 8.78 Å². The average Bonchev–Trinajstić information content (AvgIpc) is 2.41. The Morgan fingerprint density at radius 3 is 2.85 bits per heavy atom. The van der Waals surface area contributed by atoms with Crippen LogP contribution in [-0.4, -0.2) is 24.7 Å². The summed E-state index contributed by atoms with van der Waals surface area (Å²) in [5.41, 5.74) is 4.91. The summed E-state index contributed by atoms with van der Waals surface area (Å²) in [5, 5.41) is 0. The minimum absolute atomic E-state index is 0.0366. The van der Waals surface area contributed by atoms with Crippen molar-refractivity contribution in [2.45, 2.75) is 37.3 Å². The molecule has 1 fully saturated rings. The van der Waals surface area contributed by atoms with Crippen LogP contribution in [0.1, 0.15) is 25.7 Å². The van der Waals surface area contributed by atoms with Crippen LogP contribution in [0, 0.1) is 11.6 Å². The van der Waals surface area contributed by atoms with Gasteiger partial charge in [0.25, 0.3) is 0 Å². The molecule has 1 saturated carbocycles. The highest BCUT2D eigenvalue weighted by molar-refractivity contribution is 5.80. The van der Waals surface area contributed by atoms with Gasteiger partial charge in [0.05, 0.1) is 7.11 Å². The van der Waals surface area contributed by atoms with E-state index in [1.165, 1.54) is 13.2 Å². The minimum atomic E-state index is -1.10. The molecule has 1 aliphatic rings. The average molecular weight is 285 g/mol. The van der Waals surface area contributed by atoms with Gasteiger partial charge < -0.3 is 15.2 Å². The molecule has 0 heterocycles. The molecule has 0 aliphatic heterocycles. The van der Waals surface area contributed by atoms with Gasteiger partial charge in [-0.15, -0.1) is 0 Å². The lowest BCUT2D eigenvalue weighted by Crippen LogP contribution is -2.54. The molecule has 0 spiro atoms. The summed E-state index contributed by atoms with van der Waals surface area (Å²) >= 11 is 0. The highest BCUT2D eigenvalue weighted by atomic mass is 19.1. The van der Waals surface area contributed by atoms with E-state index in [1.54, 1.807) is 0 Å². The molecule has 110 valence electrons. The second-order valence-corrected chi connectivity index (χ2v) is 5.06. The van der Waals surface area contributed by atoms with Crippen LogP contribution in [0.3, 0.4) is 0 Å². The number of ether oxygens (including phenoxy) is 2. The van der Waals surface area contributed by atoms with Crippen LogP contribution in [-0.2, 0) is 9.53 Å². The summed E-state index contributed by atoms with van der Waals surface area (Å²) in [4.78, 5) is 11.7. The van der Waals surface area contributed by atoms with Crippen LogP contribution < -0.4 is 10.5 Å². The molecule has 2 unspecified atom stereocenters. The van der Waals surface area contributed by atoms with E-state index in [1.807, 2.05) is 0 Å². The fourth-order valence-corrected chi connectivity index (χ4v) is 2.50. The zero-order chi connectivity index (χ0) is 14.8. The smallest absolute Gasteiger partial charge is 0.325 e. The minimum Gasteiger partial charge on any atom is -0.487 e. The normalized spacial score (nSPS) is 26.1. The number of carbonyl (C=O) groups excluding carboxylic acids is 1. The molecule has 1 aliphatic carbocycles. The summed E-state index contributed by atoms with van der Waals surface area (Å²) in [6.45, 7) is 0. The molecule has 2 atom stereocenters. The van der Waals surface area contributed by atoms with Gasteiger partial charge in [-0.3, -0.25) is 4.79 Å². The molecule has 2 rings (SSSR count). The first kappa shape index (κ1) is 14.7. The van der Waals surface area contributed by atoms with Gasteiger partial charge in [0.2, 0.25) is 0 Å². The van der Waals surface area contributed by atoms with Gasteiger partial charge in [-0.2, -0.15) is 0 Å². The van der Waals surface area contributed by atoms with E-state index in [0.29, 0.717) is 19.3 Å². The number of nitrogens with two attached hydrogens (primary N) is 1. The van der Waals surface area contributed by atoms with Crippen LogP contribution >= 0.6 is 0 Å². The molecule has 0 aromatic heterocycles. The molecule has 2 N–H and O–H groups in total. The van der Waals surface area contributed by atoms with Crippen LogP contribution in [0.2, 0.25) is 0 Å². The summed E-state index contributed by atoms with van der Waals surface area (Å²) in [7, 11) is 1.28. The molecule has 0 amide bonds. The van der Waals surface area contributed by atoms with Crippen LogP contribution in [0.15, 0.2) is 18.2 Å². The number of methoxy groups -OCH3 is 1. The Morgan fingerprint density at radius 1 is 1.45 bits per heavy atom. The van der Waals surface area contributed by atoms with Crippen molar-refractivity contribution in [2.24, 2.45) is 5.73 Å². The Morgan fingerprint density at radius 2 is 2.20 bits per heavy atom. The zero-order valence-electron chi connectivity index (χ0n) is 11.2. The van der Waals surface area contributed by atoms with E-state index < -0.39 is 29.2 Å². The van der Waals surface area contributed by atoms with E-state index in [9.17, 15) is 13.6 Å². The topological polar surface area (TPSA) is 61.5 Å². The summed E-state index contributed by atoms with van der Waals surface area (Å²) in [5.74, 6) is -1.96. The van der Waals surface area contributed by atoms with Crippen LogP contribution in [0.5, 0.6) is 5.75 Å². The number of hydrogen-bond donors (Lipinski definition) is 1. The molecule has 0 radical (unpaired) electrons. The Balaban J connectivity index is 2.08. The Kier molecular flexibility index (Phi) is 4.23. The fraction of sp³-hybridized carbons (Fsp3) is 0.500. The van der Waals surface area contributed by atoms with Gasteiger partial charge in [-0.25, -0.2) is 8.78 Å². The van der Waals surface area contributed by atoms with Gasteiger partial charge in [-0.05, 0) is 31.4 Å². The van der Waals surface area contributed by atoms with Crippen LogP contribution in [0.25, 0.3) is 0 Å². The summed E-state index contributed by atoms with van der Waals surface area (Å²) in [6, 6.07) is 3.11. The molecular formula is C14H17F2NO3. The molecular weight excluding hydrogens is 268 g/mol. The van der Waals surface area contributed by atoms with Crippen molar-refractivity contribution in [1.29, 1.82) is 0 Å². The molecule has 0 bridgehead atoms. The number of esters is 1. The lowest BCUT2D eigenvalue weighted by Gasteiger charge is -2.35. The third kappa shape index (κ3) is 3.07. The first-order chi connectivity index (χ1) is 9.44. The van der Waals surface area contributed by atoms with Gasteiger partial charge in [0.1, 0.15) is 17.5 Å². The van der Waals surface area contributed by atoms with Gasteiger partial charge in [0.15, 0.2) is 11.6 Å². The van der Waals surface area contributed by atoms with Crippen molar-refractivity contribution in [3.63, 3.8) is 0 Å². The zero-order valence-corrected chi connectivity index (χ0v) is 11.2. The quantitative estimate of drug-likeness (QED) is 0.864. The first-order valence-corrected chi connectivity index (χ1v) is 6.43. The van der Waals surface area contributed by atoms with Gasteiger partial charge >= 0.3 is 5.97 Å². The number of rotatable bonds is 3. The third-order valence-corrected chi connectivity index (χ3v) is 3.52. The van der Waals surface area contributed by atoms with Crippen molar-refractivity contribution >= 4 is 5.97 Å². The van der Waals surface area contributed by atoms with E-state index in [2.05, 4.69) is 4.74 Å². The number of carbonyl (C=O) groups is 1. The Hall–Kier alpha value is -1.69. The van der Waals surface area contributed by atoms with Crippen molar-refractivity contribution < 1.29 is 23.0 Å². The third-order valence-electron chi connectivity index (χ3n) is 3.52. The highest BCUT2D eigenvalue weighted by Crippen LogP contribution is 2.31. The van der Waals surface area contributed by atoms with Gasteiger partial charge in [-0.1, -0.05) is 0 Å².